The lowest BCUT2D eigenvalue weighted by Gasteiger charge is -2.17. The van der Waals surface area contributed by atoms with Gasteiger partial charge >= 0.3 is 5.69 Å². The minimum atomic E-state index is -0.444. The van der Waals surface area contributed by atoms with E-state index in [-0.39, 0.29) is 29.7 Å². The first-order valence-electron chi connectivity index (χ1n) is 8.96. The predicted octanol–water partition coefficient (Wildman–Crippen LogP) is -0.539. The fourth-order valence-corrected chi connectivity index (χ4v) is 3.41. The summed E-state index contributed by atoms with van der Waals surface area (Å²) in [6.45, 7) is 2.08. The number of aryl methyl sites for hydroxylation is 1. The molecule has 1 amide bonds. The molecule has 9 nitrogen and oxygen atoms in total. The summed E-state index contributed by atoms with van der Waals surface area (Å²) in [5, 5.41) is 0. The largest absolute Gasteiger partial charge is 0.376 e. The number of amides is 1. The van der Waals surface area contributed by atoms with Crippen LogP contribution >= 0.6 is 0 Å². The van der Waals surface area contributed by atoms with Gasteiger partial charge in [0.1, 0.15) is 6.54 Å². The van der Waals surface area contributed by atoms with Crippen molar-refractivity contribution in [1.29, 1.82) is 0 Å². The number of ether oxygens (including phenoxy) is 1. The van der Waals surface area contributed by atoms with Crippen molar-refractivity contribution >= 4 is 17.1 Å². The van der Waals surface area contributed by atoms with Crippen molar-refractivity contribution in [2.75, 3.05) is 19.7 Å². The molecule has 1 atom stereocenters. The molecule has 1 aliphatic carbocycles. The van der Waals surface area contributed by atoms with E-state index in [0.717, 1.165) is 17.6 Å². The lowest BCUT2D eigenvalue weighted by molar-refractivity contribution is -0.131. The lowest BCUT2D eigenvalue weighted by Crippen LogP contribution is -2.38. The Hall–Kier alpha value is -2.42. The molecule has 1 aliphatic heterocycles. The molecule has 0 N–H and O–H groups in total. The van der Waals surface area contributed by atoms with E-state index in [9.17, 15) is 14.4 Å². The van der Waals surface area contributed by atoms with Crippen molar-refractivity contribution < 1.29 is 9.53 Å². The molecule has 140 valence electrons. The monoisotopic (exact) mass is 361 g/mol. The van der Waals surface area contributed by atoms with E-state index in [1.807, 2.05) is 0 Å². The predicted molar refractivity (Wildman–Crippen MR) is 93.9 cm³/mol. The molecular formula is C17H23N5O4. The van der Waals surface area contributed by atoms with Gasteiger partial charge in [0, 0.05) is 33.8 Å². The van der Waals surface area contributed by atoms with E-state index in [4.69, 9.17) is 4.74 Å². The summed E-state index contributed by atoms with van der Waals surface area (Å²) < 4.78 is 9.74. The highest BCUT2D eigenvalue weighted by molar-refractivity contribution is 5.79. The molecule has 3 heterocycles. The van der Waals surface area contributed by atoms with E-state index in [1.54, 1.807) is 11.9 Å². The topological polar surface area (TPSA) is 91.4 Å². The maximum atomic E-state index is 12.6. The van der Waals surface area contributed by atoms with Crippen LogP contribution in [0, 0.1) is 5.92 Å². The second kappa shape index (κ2) is 6.39. The fraction of sp³-hybridized carbons (Fsp3) is 0.647. The summed E-state index contributed by atoms with van der Waals surface area (Å²) in [5.74, 6) is 0.637. The number of nitrogens with zero attached hydrogens (tertiary/aromatic N) is 5. The van der Waals surface area contributed by atoms with Gasteiger partial charge in [-0.05, 0) is 25.2 Å². The Kier molecular flexibility index (Phi) is 4.18. The van der Waals surface area contributed by atoms with Crippen LogP contribution in [-0.2, 0) is 30.2 Å². The zero-order chi connectivity index (χ0) is 18.4. The third-order valence-electron chi connectivity index (χ3n) is 5.29. The molecule has 2 aromatic heterocycles. The highest BCUT2D eigenvalue weighted by atomic mass is 16.5. The Labute approximate surface area is 149 Å². The van der Waals surface area contributed by atoms with E-state index in [1.165, 1.54) is 35.4 Å². The normalized spacial score (nSPS) is 20.2. The zero-order valence-electron chi connectivity index (χ0n) is 15.1. The summed E-state index contributed by atoms with van der Waals surface area (Å²) in [6.07, 6.45) is 4.90. The average Bonchev–Trinajstić information content (AvgIpc) is 3.17. The molecule has 1 unspecified atom stereocenters. The smallest absolute Gasteiger partial charge is 0.332 e. The Morgan fingerprint density at radius 3 is 2.73 bits per heavy atom. The summed E-state index contributed by atoms with van der Waals surface area (Å²) >= 11 is 0. The molecule has 0 bridgehead atoms. The van der Waals surface area contributed by atoms with Gasteiger partial charge in [0.15, 0.2) is 11.2 Å². The minimum absolute atomic E-state index is 0.0271. The average molecular weight is 361 g/mol. The number of likely N-dealkylation sites (tertiary alicyclic amines) is 1. The third-order valence-corrected chi connectivity index (χ3v) is 5.29. The van der Waals surface area contributed by atoms with Gasteiger partial charge in [-0.1, -0.05) is 0 Å². The number of fused-ring (bicyclic) bond motifs is 1. The number of rotatable bonds is 5. The number of carbonyl (C=O) groups excluding carboxylic acids is 1. The van der Waals surface area contributed by atoms with Crippen LogP contribution < -0.4 is 11.2 Å². The SMILES string of the molecule is Cn1c(=O)c2c(ncn2CC(=O)N2CCC(OCC3CC3)C2)n(C)c1=O. The molecular weight excluding hydrogens is 338 g/mol. The first-order chi connectivity index (χ1) is 12.5. The van der Waals surface area contributed by atoms with Gasteiger partial charge in [-0.2, -0.15) is 0 Å². The van der Waals surface area contributed by atoms with Gasteiger partial charge in [-0.15, -0.1) is 0 Å². The van der Waals surface area contributed by atoms with Crippen molar-refractivity contribution in [2.24, 2.45) is 20.0 Å². The maximum absolute atomic E-state index is 12.6. The summed E-state index contributed by atoms with van der Waals surface area (Å²) in [6, 6.07) is 0. The standard InChI is InChI=1S/C17H23N5O4/c1-19-15-14(16(24)20(2)17(19)25)22(10-18-15)8-13(23)21-6-5-12(7-21)26-9-11-3-4-11/h10-12H,3-9H2,1-2H3. The molecule has 1 saturated carbocycles. The van der Waals surface area contributed by atoms with Gasteiger partial charge in [-0.25, -0.2) is 9.78 Å². The van der Waals surface area contributed by atoms with Crippen molar-refractivity contribution in [3.8, 4) is 0 Å². The highest BCUT2D eigenvalue weighted by Crippen LogP contribution is 2.30. The van der Waals surface area contributed by atoms with E-state index in [0.29, 0.717) is 19.0 Å². The molecule has 9 heteroatoms. The van der Waals surface area contributed by atoms with Crippen LogP contribution in [0.15, 0.2) is 15.9 Å². The second-order valence-electron chi connectivity index (χ2n) is 7.28. The number of imidazole rings is 1. The quantitative estimate of drug-likeness (QED) is 0.713. The minimum Gasteiger partial charge on any atom is -0.376 e. The Morgan fingerprint density at radius 1 is 1.23 bits per heavy atom. The van der Waals surface area contributed by atoms with Crippen LogP contribution in [0.2, 0.25) is 0 Å². The van der Waals surface area contributed by atoms with Crippen LogP contribution in [0.1, 0.15) is 19.3 Å². The molecule has 2 aliphatic rings. The number of carbonyl (C=O) groups is 1. The van der Waals surface area contributed by atoms with Crippen LogP contribution in [0.25, 0.3) is 11.2 Å². The van der Waals surface area contributed by atoms with Crippen molar-refractivity contribution in [1.82, 2.24) is 23.6 Å². The van der Waals surface area contributed by atoms with Crippen molar-refractivity contribution in [3.05, 3.63) is 27.2 Å². The summed E-state index contributed by atoms with van der Waals surface area (Å²) in [4.78, 5) is 43.0. The fourth-order valence-electron chi connectivity index (χ4n) is 3.41. The summed E-state index contributed by atoms with van der Waals surface area (Å²) in [5.41, 5.74) is -0.323. The van der Waals surface area contributed by atoms with Crippen LogP contribution in [-0.4, -0.2) is 55.3 Å². The molecule has 2 fully saturated rings. The van der Waals surface area contributed by atoms with E-state index < -0.39 is 11.2 Å². The molecule has 4 rings (SSSR count). The highest BCUT2D eigenvalue weighted by Gasteiger charge is 2.30. The van der Waals surface area contributed by atoms with Crippen molar-refractivity contribution in [3.63, 3.8) is 0 Å². The number of hydrogen-bond donors (Lipinski definition) is 0. The molecule has 1 saturated heterocycles. The molecule has 0 aromatic carbocycles. The van der Waals surface area contributed by atoms with Gasteiger partial charge < -0.3 is 14.2 Å². The molecule has 0 radical (unpaired) electrons. The van der Waals surface area contributed by atoms with Gasteiger partial charge in [-0.3, -0.25) is 18.7 Å². The first kappa shape index (κ1) is 17.0. The summed E-state index contributed by atoms with van der Waals surface area (Å²) in [7, 11) is 2.98. The lowest BCUT2D eigenvalue weighted by atomic mass is 10.3. The Balaban J connectivity index is 1.50. The van der Waals surface area contributed by atoms with E-state index in [2.05, 4.69) is 4.98 Å². The zero-order valence-corrected chi connectivity index (χ0v) is 15.1. The van der Waals surface area contributed by atoms with E-state index >= 15 is 0 Å². The number of hydrogen-bond acceptors (Lipinski definition) is 5. The van der Waals surface area contributed by atoms with Crippen LogP contribution in [0.5, 0.6) is 0 Å². The van der Waals surface area contributed by atoms with Crippen molar-refractivity contribution in [2.45, 2.75) is 31.9 Å². The molecule has 2 aromatic rings. The van der Waals surface area contributed by atoms with Crippen LogP contribution in [0.4, 0.5) is 0 Å². The maximum Gasteiger partial charge on any atom is 0.332 e. The molecule has 0 spiro atoms. The molecule has 26 heavy (non-hydrogen) atoms. The Morgan fingerprint density at radius 2 is 2.00 bits per heavy atom. The third kappa shape index (κ3) is 2.96. The number of aromatic nitrogens is 4. The van der Waals surface area contributed by atoms with Gasteiger partial charge in [0.05, 0.1) is 12.4 Å². The van der Waals surface area contributed by atoms with Crippen LogP contribution in [0.3, 0.4) is 0 Å². The van der Waals surface area contributed by atoms with Gasteiger partial charge in [0.2, 0.25) is 5.91 Å². The second-order valence-corrected chi connectivity index (χ2v) is 7.28. The first-order valence-corrected chi connectivity index (χ1v) is 8.96. The Bertz CT molecular complexity index is 968. The van der Waals surface area contributed by atoms with Gasteiger partial charge in [0.25, 0.3) is 5.56 Å².